The zero-order valence-electron chi connectivity index (χ0n) is 14.3. The van der Waals surface area contributed by atoms with Gasteiger partial charge in [-0.3, -0.25) is 4.79 Å². The van der Waals surface area contributed by atoms with Crippen molar-refractivity contribution >= 4 is 23.5 Å². The maximum atomic E-state index is 12.7. The SMILES string of the molecule is C[C@@H]1CC2(CC2)CN1C(=O)[C@@H](C)Nc1nnc(-c2ccc(Cl)cc2)o1. The van der Waals surface area contributed by atoms with E-state index in [1.54, 1.807) is 12.1 Å². The summed E-state index contributed by atoms with van der Waals surface area (Å²) in [6.45, 7) is 4.83. The van der Waals surface area contributed by atoms with Crippen molar-refractivity contribution in [1.29, 1.82) is 0 Å². The second kappa shape index (κ2) is 6.02. The van der Waals surface area contributed by atoms with Gasteiger partial charge in [0.15, 0.2) is 0 Å². The molecule has 2 fully saturated rings. The molecule has 1 aromatic carbocycles. The number of nitrogens with one attached hydrogen (secondary N) is 1. The summed E-state index contributed by atoms with van der Waals surface area (Å²) in [4.78, 5) is 14.7. The summed E-state index contributed by atoms with van der Waals surface area (Å²) in [5.41, 5.74) is 1.19. The number of amides is 1. The normalized spacial score (nSPS) is 22.2. The van der Waals surface area contributed by atoms with Crippen molar-refractivity contribution in [3.8, 4) is 11.5 Å². The third kappa shape index (κ3) is 3.23. The van der Waals surface area contributed by atoms with Gasteiger partial charge in [-0.25, -0.2) is 0 Å². The van der Waals surface area contributed by atoms with Gasteiger partial charge in [0.25, 0.3) is 0 Å². The van der Waals surface area contributed by atoms with Crippen LogP contribution in [0.15, 0.2) is 28.7 Å². The smallest absolute Gasteiger partial charge is 0.316 e. The van der Waals surface area contributed by atoms with Crippen LogP contribution in [0.2, 0.25) is 5.02 Å². The monoisotopic (exact) mass is 360 g/mol. The Morgan fingerprint density at radius 3 is 2.72 bits per heavy atom. The highest BCUT2D eigenvalue weighted by atomic mass is 35.5. The van der Waals surface area contributed by atoms with E-state index in [0.29, 0.717) is 22.4 Å². The molecule has 2 atom stereocenters. The Morgan fingerprint density at radius 2 is 2.08 bits per heavy atom. The summed E-state index contributed by atoms with van der Waals surface area (Å²) < 4.78 is 5.63. The van der Waals surface area contributed by atoms with Gasteiger partial charge in [0.05, 0.1) is 0 Å². The van der Waals surface area contributed by atoms with Crippen LogP contribution in [0.5, 0.6) is 0 Å². The summed E-state index contributed by atoms with van der Waals surface area (Å²) in [7, 11) is 0. The van der Waals surface area contributed by atoms with E-state index in [2.05, 4.69) is 22.4 Å². The summed E-state index contributed by atoms with van der Waals surface area (Å²) in [6.07, 6.45) is 3.61. The first-order valence-electron chi connectivity index (χ1n) is 8.62. The Kier molecular flexibility index (Phi) is 3.95. The van der Waals surface area contributed by atoms with Gasteiger partial charge in [0.2, 0.25) is 11.8 Å². The van der Waals surface area contributed by atoms with Crippen LogP contribution in [0.1, 0.15) is 33.1 Å². The Labute approximate surface area is 151 Å². The molecule has 1 amide bonds. The number of rotatable bonds is 4. The van der Waals surface area contributed by atoms with E-state index in [-0.39, 0.29) is 11.9 Å². The maximum Gasteiger partial charge on any atom is 0.316 e. The molecule has 7 heteroatoms. The molecular weight excluding hydrogens is 340 g/mol. The highest BCUT2D eigenvalue weighted by Crippen LogP contribution is 2.54. The molecule has 25 heavy (non-hydrogen) atoms. The number of hydrogen-bond acceptors (Lipinski definition) is 5. The number of carbonyl (C=O) groups is 1. The van der Waals surface area contributed by atoms with Gasteiger partial charge in [-0.15, -0.1) is 5.10 Å². The van der Waals surface area contributed by atoms with Crippen LogP contribution in [0.25, 0.3) is 11.5 Å². The van der Waals surface area contributed by atoms with Gasteiger partial charge >= 0.3 is 6.01 Å². The second-order valence-electron chi connectivity index (χ2n) is 7.30. The van der Waals surface area contributed by atoms with E-state index in [0.717, 1.165) is 18.5 Å². The van der Waals surface area contributed by atoms with Crippen LogP contribution in [0.3, 0.4) is 0 Å². The maximum absolute atomic E-state index is 12.7. The lowest BCUT2D eigenvalue weighted by Gasteiger charge is -2.25. The fourth-order valence-corrected chi connectivity index (χ4v) is 3.77. The number of halogens is 1. The molecule has 2 heterocycles. The highest BCUT2D eigenvalue weighted by Gasteiger charge is 2.52. The van der Waals surface area contributed by atoms with Gasteiger partial charge in [-0.2, -0.15) is 0 Å². The predicted molar refractivity (Wildman–Crippen MR) is 95.3 cm³/mol. The molecule has 0 radical (unpaired) electrons. The first-order chi connectivity index (χ1) is 12.0. The van der Waals surface area contributed by atoms with Crippen molar-refractivity contribution in [2.45, 2.75) is 45.2 Å². The van der Waals surface area contributed by atoms with Crippen molar-refractivity contribution in [3.63, 3.8) is 0 Å². The number of anilines is 1. The molecule has 1 saturated heterocycles. The average molecular weight is 361 g/mol. The molecule has 1 saturated carbocycles. The quantitative estimate of drug-likeness (QED) is 0.902. The van der Waals surface area contributed by atoms with Crippen LogP contribution >= 0.6 is 11.6 Å². The third-order valence-electron chi connectivity index (χ3n) is 5.23. The average Bonchev–Trinajstić information content (AvgIpc) is 3.03. The Hall–Kier alpha value is -2.08. The zero-order chi connectivity index (χ0) is 17.6. The van der Waals surface area contributed by atoms with Crippen molar-refractivity contribution < 1.29 is 9.21 Å². The molecular formula is C18H21ClN4O2. The molecule has 132 valence electrons. The fourth-order valence-electron chi connectivity index (χ4n) is 3.64. The second-order valence-corrected chi connectivity index (χ2v) is 7.74. The van der Waals surface area contributed by atoms with Crippen LogP contribution in [0.4, 0.5) is 6.01 Å². The number of likely N-dealkylation sites (tertiary alicyclic amines) is 1. The standard InChI is InChI=1S/C18H21ClN4O2/c1-11-9-18(7-8-18)10-23(11)16(24)12(2)20-17-22-21-15(25-17)13-3-5-14(19)6-4-13/h3-6,11-12H,7-10H2,1-2H3,(H,20,22)/t11-,12-/m1/s1. The number of benzene rings is 1. The van der Waals surface area contributed by atoms with E-state index in [9.17, 15) is 4.79 Å². The van der Waals surface area contributed by atoms with E-state index in [1.165, 1.54) is 12.8 Å². The highest BCUT2D eigenvalue weighted by molar-refractivity contribution is 6.30. The summed E-state index contributed by atoms with van der Waals surface area (Å²) in [5, 5.41) is 11.7. The van der Waals surface area contributed by atoms with Crippen LogP contribution < -0.4 is 5.32 Å². The lowest BCUT2D eigenvalue weighted by atomic mass is 10.0. The van der Waals surface area contributed by atoms with Crippen molar-refractivity contribution in [3.05, 3.63) is 29.3 Å². The van der Waals surface area contributed by atoms with Crippen LogP contribution in [-0.2, 0) is 4.79 Å². The van der Waals surface area contributed by atoms with E-state index in [4.69, 9.17) is 16.0 Å². The molecule has 2 aromatic rings. The molecule has 1 spiro atoms. The summed E-state index contributed by atoms with van der Waals surface area (Å²) >= 11 is 5.89. The fraction of sp³-hybridized carbons (Fsp3) is 0.500. The van der Waals surface area contributed by atoms with Crippen LogP contribution in [0, 0.1) is 5.41 Å². The zero-order valence-corrected chi connectivity index (χ0v) is 15.1. The molecule has 2 aliphatic rings. The van der Waals surface area contributed by atoms with E-state index < -0.39 is 6.04 Å². The van der Waals surface area contributed by atoms with Crippen molar-refractivity contribution in [2.24, 2.45) is 5.41 Å². The lowest BCUT2D eigenvalue weighted by Crippen LogP contribution is -2.43. The first kappa shape index (κ1) is 16.4. The van der Waals surface area contributed by atoms with Crippen LogP contribution in [-0.4, -0.2) is 39.6 Å². The largest absolute Gasteiger partial charge is 0.403 e. The molecule has 0 unspecified atom stereocenters. The van der Waals surface area contributed by atoms with Gasteiger partial charge in [0, 0.05) is 23.2 Å². The number of nitrogens with zero attached hydrogens (tertiary/aromatic N) is 3. The minimum absolute atomic E-state index is 0.0857. The van der Waals surface area contributed by atoms with E-state index >= 15 is 0 Å². The summed E-state index contributed by atoms with van der Waals surface area (Å²) in [6, 6.07) is 7.30. The number of aromatic nitrogens is 2. The van der Waals surface area contributed by atoms with Crippen molar-refractivity contribution in [2.75, 3.05) is 11.9 Å². The van der Waals surface area contributed by atoms with Gasteiger partial charge in [-0.05, 0) is 62.8 Å². The number of hydrogen-bond donors (Lipinski definition) is 1. The van der Waals surface area contributed by atoms with Gasteiger partial charge in [0.1, 0.15) is 6.04 Å². The topological polar surface area (TPSA) is 71.3 Å². The molecule has 6 nitrogen and oxygen atoms in total. The summed E-state index contributed by atoms with van der Waals surface area (Å²) in [5.74, 6) is 0.479. The molecule has 1 aliphatic carbocycles. The molecule has 0 bridgehead atoms. The Bertz CT molecular complexity index is 785. The van der Waals surface area contributed by atoms with E-state index in [1.807, 2.05) is 24.0 Å². The van der Waals surface area contributed by atoms with Crippen molar-refractivity contribution in [1.82, 2.24) is 15.1 Å². The minimum atomic E-state index is -0.408. The predicted octanol–water partition coefficient (Wildman–Crippen LogP) is 3.59. The molecule has 4 rings (SSSR count). The third-order valence-corrected chi connectivity index (χ3v) is 5.48. The molecule has 1 aromatic heterocycles. The Morgan fingerprint density at radius 1 is 1.36 bits per heavy atom. The number of carbonyl (C=O) groups excluding carboxylic acids is 1. The van der Waals surface area contributed by atoms with Gasteiger partial charge in [-0.1, -0.05) is 16.7 Å². The first-order valence-corrected chi connectivity index (χ1v) is 9.00. The molecule has 1 N–H and O–H groups in total. The minimum Gasteiger partial charge on any atom is -0.403 e. The van der Waals surface area contributed by atoms with Gasteiger partial charge < -0.3 is 14.6 Å². The lowest BCUT2D eigenvalue weighted by molar-refractivity contribution is -0.132. The Balaban J connectivity index is 1.42. The molecule has 1 aliphatic heterocycles.